The molecule has 1 amide bonds. The van der Waals surface area contributed by atoms with E-state index in [1.807, 2.05) is 13.1 Å². The number of Topliss-reactive ketones (excluding diaryl/α,β-unsaturated/α-hetero) is 2. The fourth-order valence-electron chi connectivity index (χ4n) is 7.59. The highest BCUT2D eigenvalue weighted by atomic mass is 16.3. The Labute approximate surface area is 207 Å². The molecule has 5 atom stereocenters. The second-order valence-corrected chi connectivity index (χ2v) is 10.9. The number of hydrogen-bond donors (Lipinski definition) is 6. The number of nitrogens with one attached hydrogen (secondary N) is 1. The Bertz CT molecular complexity index is 1320. The molecule has 0 radical (unpaired) electrons. The quantitative estimate of drug-likeness (QED) is 0.320. The summed E-state index contributed by atoms with van der Waals surface area (Å²) in [5, 5.41) is 48.0. The first-order valence-electron chi connectivity index (χ1n) is 12.3. The van der Waals surface area contributed by atoms with Crippen molar-refractivity contribution < 1.29 is 34.8 Å². The molecule has 2 aliphatic heterocycles. The van der Waals surface area contributed by atoms with Gasteiger partial charge in [0.15, 0.2) is 11.4 Å². The van der Waals surface area contributed by atoms with Gasteiger partial charge in [-0.05, 0) is 75.4 Å². The zero-order valence-electron chi connectivity index (χ0n) is 19.9. The van der Waals surface area contributed by atoms with Crippen LogP contribution in [0.3, 0.4) is 0 Å². The summed E-state index contributed by atoms with van der Waals surface area (Å²) in [6.45, 7) is 1.24. The van der Waals surface area contributed by atoms with Gasteiger partial charge in [0.2, 0.25) is 5.78 Å². The number of hydrogen-bond acceptors (Lipinski definition) is 9. The Hall–Kier alpha value is -3.21. The van der Waals surface area contributed by atoms with Crippen LogP contribution in [0, 0.1) is 11.3 Å². The van der Waals surface area contributed by atoms with E-state index in [-0.39, 0.29) is 35.8 Å². The van der Waals surface area contributed by atoms with Crippen LogP contribution in [0.25, 0.3) is 5.76 Å². The number of nitrogens with two attached hydrogens (primary N) is 1. The number of carbonyl (C=O) groups excluding carboxylic acids is 3. The molecule has 0 bridgehead atoms. The first kappa shape index (κ1) is 23.2. The maximum atomic E-state index is 13.9. The van der Waals surface area contributed by atoms with Gasteiger partial charge in [-0.25, -0.2) is 0 Å². The van der Waals surface area contributed by atoms with Crippen LogP contribution in [0.5, 0.6) is 5.75 Å². The highest BCUT2D eigenvalue weighted by molar-refractivity contribution is 6.25. The maximum absolute atomic E-state index is 13.9. The normalized spacial score (nSPS) is 36.0. The molecule has 10 heteroatoms. The van der Waals surface area contributed by atoms with Crippen molar-refractivity contribution in [1.29, 1.82) is 0 Å². The molecule has 5 aliphatic rings. The largest absolute Gasteiger partial charge is 0.508 e. The molecular formula is C26H29N3O7. The van der Waals surface area contributed by atoms with Gasteiger partial charge in [-0.1, -0.05) is 6.07 Å². The van der Waals surface area contributed by atoms with E-state index in [9.17, 15) is 34.8 Å². The zero-order valence-corrected chi connectivity index (χ0v) is 19.9. The molecule has 6 rings (SSSR count). The molecule has 1 spiro atoms. The summed E-state index contributed by atoms with van der Waals surface area (Å²) in [7, 11) is 2.02. The van der Waals surface area contributed by atoms with Gasteiger partial charge in [-0.3, -0.25) is 19.3 Å². The molecule has 1 aromatic rings. The van der Waals surface area contributed by atoms with E-state index in [1.165, 1.54) is 0 Å². The maximum Gasteiger partial charge on any atom is 0.255 e. The van der Waals surface area contributed by atoms with Crippen molar-refractivity contribution in [2.24, 2.45) is 17.1 Å². The second kappa shape index (κ2) is 7.41. The first-order valence-corrected chi connectivity index (χ1v) is 12.3. The topological polar surface area (TPSA) is 173 Å². The van der Waals surface area contributed by atoms with Crippen LogP contribution in [0.2, 0.25) is 0 Å². The third-order valence-electron chi connectivity index (χ3n) is 9.20. The molecule has 3 fully saturated rings. The monoisotopic (exact) mass is 495 g/mol. The predicted molar refractivity (Wildman–Crippen MR) is 127 cm³/mol. The van der Waals surface area contributed by atoms with Gasteiger partial charge >= 0.3 is 0 Å². The molecule has 2 heterocycles. The van der Waals surface area contributed by atoms with Gasteiger partial charge in [0.1, 0.15) is 22.8 Å². The highest BCUT2D eigenvalue weighted by Gasteiger charge is 2.73. The highest BCUT2D eigenvalue weighted by Crippen LogP contribution is 2.61. The lowest BCUT2D eigenvalue weighted by atomic mass is 9.49. The van der Waals surface area contributed by atoms with E-state index >= 15 is 0 Å². The number of phenolic OH excluding ortho intramolecular Hbond substituents is 1. The Kier molecular flexibility index (Phi) is 4.77. The lowest BCUT2D eigenvalue weighted by molar-refractivity contribution is -0.164. The lowest BCUT2D eigenvalue weighted by Gasteiger charge is -2.54. The fourth-order valence-corrected chi connectivity index (χ4v) is 7.59. The van der Waals surface area contributed by atoms with Crippen molar-refractivity contribution in [2.45, 2.75) is 49.8 Å². The Morgan fingerprint density at radius 3 is 2.64 bits per heavy atom. The van der Waals surface area contributed by atoms with E-state index < -0.39 is 57.5 Å². The van der Waals surface area contributed by atoms with Crippen LogP contribution < -0.4 is 11.1 Å². The van der Waals surface area contributed by atoms with Gasteiger partial charge in [0.05, 0.1) is 11.6 Å². The zero-order chi connectivity index (χ0) is 25.7. The van der Waals surface area contributed by atoms with Gasteiger partial charge in [-0.2, -0.15) is 0 Å². The summed E-state index contributed by atoms with van der Waals surface area (Å²) < 4.78 is 0. The number of aliphatic hydroxyl groups excluding tert-OH is 2. The van der Waals surface area contributed by atoms with Gasteiger partial charge < -0.3 is 31.5 Å². The van der Waals surface area contributed by atoms with E-state index in [4.69, 9.17) is 5.73 Å². The molecular weight excluding hydrogens is 466 g/mol. The minimum atomic E-state index is -2.61. The van der Waals surface area contributed by atoms with Crippen molar-refractivity contribution >= 4 is 23.2 Å². The number of rotatable bonds is 2. The van der Waals surface area contributed by atoms with Crippen LogP contribution in [0.15, 0.2) is 29.0 Å². The van der Waals surface area contributed by atoms with Crippen molar-refractivity contribution in [1.82, 2.24) is 10.2 Å². The molecule has 1 unspecified atom stereocenters. The molecule has 190 valence electrons. The number of likely N-dealkylation sites (tertiary alicyclic amines) is 1. The number of nitrogens with zero attached hydrogens (tertiary/aromatic N) is 1. The average Bonchev–Trinajstić information content (AvgIpc) is 3.43. The Morgan fingerprint density at radius 2 is 1.97 bits per heavy atom. The third-order valence-corrected chi connectivity index (χ3v) is 9.20. The number of benzene rings is 1. The fraction of sp³-hybridized carbons (Fsp3) is 0.500. The summed E-state index contributed by atoms with van der Waals surface area (Å²) in [6.07, 6.45) is 2.62. The van der Waals surface area contributed by atoms with Gasteiger partial charge in [-0.15, -0.1) is 0 Å². The second-order valence-electron chi connectivity index (χ2n) is 10.9. The summed E-state index contributed by atoms with van der Waals surface area (Å²) in [6, 6.07) is 2.61. The average molecular weight is 496 g/mol. The molecule has 7 N–H and O–H groups in total. The minimum Gasteiger partial charge on any atom is -0.508 e. The molecule has 0 aromatic heterocycles. The Morgan fingerprint density at radius 1 is 1.22 bits per heavy atom. The third kappa shape index (κ3) is 2.64. The van der Waals surface area contributed by atoms with Crippen LogP contribution in [0.4, 0.5) is 0 Å². The molecule has 36 heavy (non-hydrogen) atoms. The number of amides is 1. The number of primary amides is 1. The number of aliphatic hydroxyl groups is 3. The first-order chi connectivity index (χ1) is 17.0. The minimum absolute atomic E-state index is 0.113. The van der Waals surface area contributed by atoms with Crippen molar-refractivity contribution in [3.05, 3.63) is 45.7 Å². The summed E-state index contributed by atoms with van der Waals surface area (Å²) >= 11 is 0. The molecule has 3 aliphatic carbocycles. The van der Waals surface area contributed by atoms with Crippen LogP contribution in [-0.2, 0) is 20.8 Å². The molecule has 10 nitrogen and oxygen atoms in total. The van der Waals surface area contributed by atoms with Crippen molar-refractivity contribution in [3.8, 4) is 5.75 Å². The number of phenols is 1. The van der Waals surface area contributed by atoms with Gasteiger partial charge in [0.25, 0.3) is 5.91 Å². The number of ketones is 2. The van der Waals surface area contributed by atoms with E-state index in [1.54, 1.807) is 6.07 Å². The molecule has 1 aromatic carbocycles. The summed E-state index contributed by atoms with van der Waals surface area (Å²) in [4.78, 5) is 41.3. The van der Waals surface area contributed by atoms with E-state index in [2.05, 4.69) is 10.2 Å². The van der Waals surface area contributed by atoms with E-state index in [0.717, 1.165) is 24.9 Å². The molecule has 1 saturated carbocycles. The SMILES string of the molecule is CN1CCCC1c1cc(O)c2c(c1)C[C@H]1C[C@@]34CCN[C@@H]3C(=O)C(C(N)=O)=C(O)[C@@]4(O)C(=O)C1=C2O. The van der Waals surface area contributed by atoms with Crippen LogP contribution in [-0.4, -0.2) is 74.6 Å². The van der Waals surface area contributed by atoms with Crippen molar-refractivity contribution in [2.75, 3.05) is 20.1 Å². The lowest BCUT2D eigenvalue weighted by Crippen LogP contribution is -2.70. The number of fused-ring (bicyclic) bond motifs is 2. The van der Waals surface area contributed by atoms with Gasteiger partial charge in [0, 0.05) is 17.0 Å². The van der Waals surface area contributed by atoms with Crippen LogP contribution in [0.1, 0.15) is 48.4 Å². The number of carbonyl (C=O) groups is 3. The predicted octanol–water partition coefficient (Wildman–Crippen LogP) is 0.533. The summed E-state index contributed by atoms with van der Waals surface area (Å²) in [5.41, 5.74) is 2.16. The smallest absolute Gasteiger partial charge is 0.255 e. The standard InChI is InChI=1S/C26H29N3O7/c1-29-6-2-3-14(29)11-7-12-8-13-10-25-4-5-28-21(25)20(32)18(24(27)35)23(34)26(25,36)22(33)17(13)19(31)16(12)15(30)9-11/h7,9,13-14,21,28,30-31,34,36H,2-6,8,10H2,1H3,(H2,27,35)/t13-,14?,21+,25-,26-/m0/s1. The number of aromatic hydroxyl groups is 1. The Balaban J connectivity index is 1.53. The van der Waals surface area contributed by atoms with E-state index in [0.29, 0.717) is 18.5 Å². The molecule has 2 saturated heterocycles. The van der Waals surface area contributed by atoms with Crippen molar-refractivity contribution in [3.63, 3.8) is 0 Å². The summed E-state index contributed by atoms with van der Waals surface area (Å²) in [5.74, 6) is -5.19. The van der Waals surface area contributed by atoms with Crippen LogP contribution >= 0.6 is 0 Å².